The van der Waals surface area contributed by atoms with Crippen molar-refractivity contribution in [3.8, 4) is 28.7 Å². The third-order valence-corrected chi connectivity index (χ3v) is 4.47. The number of carbonyl (C=O) groups is 1. The predicted molar refractivity (Wildman–Crippen MR) is 110 cm³/mol. The Balaban J connectivity index is 1.46. The number of carbonyl (C=O) groups excluding carboxylic acids is 1. The summed E-state index contributed by atoms with van der Waals surface area (Å²) in [4.78, 5) is 16.7. The van der Waals surface area contributed by atoms with E-state index in [1.165, 1.54) is 12.1 Å². The lowest BCUT2D eigenvalue weighted by Crippen LogP contribution is -2.18. The van der Waals surface area contributed by atoms with Crippen LogP contribution in [0.25, 0.3) is 23.0 Å². The molecule has 4 rings (SSSR count). The van der Waals surface area contributed by atoms with Crippen molar-refractivity contribution in [2.75, 3.05) is 5.32 Å². The van der Waals surface area contributed by atoms with Crippen LogP contribution in [0.3, 0.4) is 0 Å². The molecule has 0 unspecified atom stereocenters. The number of nitrogens with one attached hydrogen (secondary N) is 1. The molecular weight excluding hydrogens is 425 g/mol. The van der Waals surface area contributed by atoms with Gasteiger partial charge >= 0.3 is 6.36 Å². The van der Waals surface area contributed by atoms with E-state index in [2.05, 4.69) is 20.2 Å². The zero-order chi connectivity index (χ0) is 22.7. The van der Waals surface area contributed by atoms with E-state index >= 15 is 0 Å². The van der Waals surface area contributed by atoms with Crippen LogP contribution < -0.4 is 10.1 Å². The molecule has 2 heterocycles. The molecule has 2 aromatic carbocycles. The minimum Gasteiger partial charge on any atom is -0.406 e. The summed E-state index contributed by atoms with van der Waals surface area (Å²) in [5, 5.41) is 6.70. The van der Waals surface area contributed by atoms with Crippen molar-refractivity contribution in [1.29, 1.82) is 0 Å². The topological polar surface area (TPSA) is 82.2 Å². The van der Waals surface area contributed by atoms with E-state index in [9.17, 15) is 18.0 Å². The summed E-state index contributed by atoms with van der Waals surface area (Å²) >= 11 is 0. The fourth-order valence-electron chi connectivity index (χ4n) is 2.99. The lowest BCUT2D eigenvalue weighted by atomic mass is 10.2. The zero-order valence-electron chi connectivity index (χ0n) is 16.8. The number of anilines is 1. The van der Waals surface area contributed by atoms with Gasteiger partial charge in [0.15, 0.2) is 0 Å². The first-order valence-corrected chi connectivity index (χ1v) is 9.49. The standard InChI is InChI=1S/C22H17F3N4O3/c1-14-4-8-16(9-5-14)26-19(30)13-29-12-2-3-18(29)21-27-20(28-32-21)15-6-10-17(11-7-15)31-22(23,24)25/h2-12H,13H2,1H3,(H,26,30). The molecule has 0 bridgehead atoms. The molecule has 1 amide bonds. The molecule has 10 heteroatoms. The van der Waals surface area contributed by atoms with Gasteiger partial charge in [-0.2, -0.15) is 4.98 Å². The van der Waals surface area contributed by atoms with Crippen LogP contribution in [-0.4, -0.2) is 27.0 Å². The number of halogens is 3. The first kappa shape index (κ1) is 21.2. The highest BCUT2D eigenvalue weighted by Crippen LogP contribution is 2.27. The van der Waals surface area contributed by atoms with Crippen LogP contribution in [0.2, 0.25) is 0 Å². The number of alkyl halides is 3. The van der Waals surface area contributed by atoms with Crippen molar-refractivity contribution in [1.82, 2.24) is 14.7 Å². The van der Waals surface area contributed by atoms with Crippen LogP contribution in [0, 0.1) is 6.92 Å². The molecule has 2 aromatic heterocycles. The van der Waals surface area contributed by atoms with Gasteiger partial charge in [0.2, 0.25) is 11.7 Å². The zero-order valence-corrected chi connectivity index (χ0v) is 16.8. The number of benzene rings is 2. The number of ether oxygens (including phenoxy) is 1. The second kappa shape index (κ2) is 8.58. The van der Waals surface area contributed by atoms with Gasteiger partial charge in [-0.05, 0) is 55.5 Å². The number of aryl methyl sites for hydroxylation is 1. The van der Waals surface area contributed by atoms with Gasteiger partial charge < -0.3 is 19.1 Å². The molecule has 0 atom stereocenters. The number of nitrogens with zero attached hydrogens (tertiary/aromatic N) is 3. The van der Waals surface area contributed by atoms with E-state index in [0.717, 1.165) is 17.7 Å². The second-order valence-electron chi connectivity index (χ2n) is 6.93. The highest BCUT2D eigenvalue weighted by atomic mass is 19.4. The first-order chi connectivity index (χ1) is 15.3. The number of hydrogen-bond acceptors (Lipinski definition) is 5. The summed E-state index contributed by atoms with van der Waals surface area (Å²) in [5.41, 5.74) is 2.75. The fraction of sp³-hybridized carbons (Fsp3) is 0.136. The molecule has 0 saturated carbocycles. The SMILES string of the molecule is Cc1ccc(NC(=O)Cn2cccc2-c2nc(-c3ccc(OC(F)(F)F)cc3)no2)cc1. The van der Waals surface area contributed by atoms with Gasteiger partial charge in [0.1, 0.15) is 18.0 Å². The maximum absolute atomic E-state index is 12.4. The van der Waals surface area contributed by atoms with E-state index in [1.54, 1.807) is 22.9 Å². The van der Waals surface area contributed by atoms with E-state index in [-0.39, 0.29) is 29.9 Å². The summed E-state index contributed by atoms with van der Waals surface area (Å²) in [7, 11) is 0. The molecule has 0 aliphatic rings. The van der Waals surface area contributed by atoms with Gasteiger partial charge in [-0.25, -0.2) is 0 Å². The summed E-state index contributed by atoms with van der Waals surface area (Å²) in [5.74, 6) is -0.219. The van der Waals surface area contributed by atoms with Crippen molar-refractivity contribution >= 4 is 11.6 Å². The van der Waals surface area contributed by atoms with E-state index in [0.29, 0.717) is 16.9 Å². The second-order valence-corrected chi connectivity index (χ2v) is 6.93. The van der Waals surface area contributed by atoms with Crippen LogP contribution in [0.15, 0.2) is 71.4 Å². The molecular formula is C22H17F3N4O3. The van der Waals surface area contributed by atoms with Crippen LogP contribution in [0.5, 0.6) is 5.75 Å². The summed E-state index contributed by atoms with van der Waals surface area (Å²) in [6.07, 6.45) is -3.06. The maximum Gasteiger partial charge on any atom is 0.573 e. The van der Waals surface area contributed by atoms with Crippen LogP contribution >= 0.6 is 0 Å². The van der Waals surface area contributed by atoms with Crippen molar-refractivity contribution in [3.05, 3.63) is 72.4 Å². The smallest absolute Gasteiger partial charge is 0.406 e. The van der Waals surface area contributed by atoms with E-state index < -0.39 is 6.36 Å². The fourth-order valence-corrected chi connectivity index (χ4v) is 2.99. The lowest BCUT2D eigenvalue weighted by molar-refractivity contribution is -0.274. The predicted octanol–water partition coefficient (Wildman–Crippen LogP) is 5.05. The highest BCUT2D eigenvalue weighted by Gasteiger charge is 2.31. The number of rotatable bonds is 6. The van der Waals surface area contributed by atoms with Crippen molar-refractivity contribution in [3.63, 3.8) is 0 Å². The van der Waals surface area contributed by atoms with Gasteiger partial charge in [-0.3, -0.25) is 4.79 Å². The molecule has 0 fully saturated rings. The van der Waals surface area contributed by atoms with E-state index in [4.69, 9.17) is 4.52 Å². The average Bonchev–Trinajstić information content (AvgIpc) is 3.38. The van der Waals surface area contributed by atoms with Crippen molar-refractivity contribution < 1.29 is 27.2 Å². The quantitative estimate of drug-likeness (QED) is 0.452. The molecule has 0 saturated heterocycles. The third kappa shape index (κ3) is 5.15. The Morgan fingerprint density at radius 3 is 2.50 bits per heavy atom. The normalized spacial score (nSPS) is 11.4. The number of amides is 1. The average molecular weight is 442 g/mol. The number of hydrogen-bond donors (Lipinski definition) is 1. The molecule has 4 aromatic rings. The van der Waals surface area contributed by atoms with Gasteiger partial charge in [0.05, 0.1) is 0 Å². The maximum atomic E-state index is 12.4. The Morgan fingerprint density at radius 1 is 1.09 bits per heavy atom. The Labute approximate surface area is 180 Å². The molecule has 164 valence electrons. The van der Waals surface area contributed by atoms with E-state index in [1.807, 2.05) is 31.2 Å². The molecule has 0 aliphatic heterocycles. The summed E-state index contributed by atoms with van der Waals surface area (Å²) in [6, 6.07) is 16.0. The third-order valence-electron chi connectivity index (χ3n) is 4.47. The molecule has 7 nitrogen and oxygen atoms in total. The van der Waals surface area contributed by atoms with Crippen LogP contribution in [-0.2, 0) is 11.3 Å². The lowest BCUT2D eigenvalue weighted by Gasteiger charge is -2.08. The Kier molecular flexibility index (Phi) is 5.67. The highest BCUT2D eigenvalue weighted by molar-refractivity contribution is 5.90. The van der Waals surface area contributed by atoms with Crippen LogP contribution in [0.1, 0.15) is 5.56 Å². The van der Waals surface area contributed by atoms with Crippen molar-refractivity contribution in [2.45, 2.75) is 19.8 Å². The minimum absolute atomic E-state index is 0.0252. The molecule has 32 heavy (non-hydrogen) atoms. The van der Waals surface area contributed by atoms with Crippen molar-refractivity contribution in [2.24, 2.45) is 0 Å². The van der Waals surface area contributed by atoms with Gasteiger partial charge in [-0.1, -0.05) is 22.9 Å². The molecule has 0 aliphatic carbocycles. The number of aromatic nitrogens is 3. The van der Waals surface area contributed by atoms with Gasteiger partial charge in [-0.15, -0.1) is 13.2 Å². The monoisotopic (exact) mass is 442 g/mol. The minimum atomic E-state index is -4.77. The Hall–Kier alpha value is -4.08. The van der Waals surface area contributed by atoms with Gasteiger partial charge in [0, 0.05) is 17.4 Å². The summed E-state index contributed by atoms with van der Waals surface area (Å²) < 4.78 is 47.7. The first-order valence-electron chi connectivity index (χ1n) is 9.49. The molecule has 1 N–H and O–H groups in total. The largest absolute Gasteiger partial charge is 0.573 e. The van der Waals surface area contributed by atoms with Crippen LogP contribution in [0.4, 0.5) is 18.9 Å². The summed E-state index contributed by atoms with van der Waals surface area (Å²) in [6.45, 7) is 1.98. The Morgan fingerprint density at radius 2 is 1.81 bits per heavy atom. The Bertz CT molecular complexity index is 1210. The van der Waals surface area contributed by atoms with Gasteiger partial charge in [0.25, 0.3) is 5.89 Å². The molecule has 0 spiro atoms. The molecule has 0 radical (unpaired) electrons.